The number of hydrogen-bond acceptors (Lipinski definition) is 6. The lowest BCUT2D eigenvalue weighted by atomic mass is 9.98. The molecule has 1 aromatic rings. The third-order valence-electron chi connectivity index (χ3n) is 3.51. The van der Waals surface area contributed by atoms with Gasteiger partial charge < -0.3 is 14.0 Å². The van der Waals surface area contributed by atoms with Crippen molar-refractivity contribution in [3.05, 3.63) is 11.7 Å². The summed E-state index contributed by atoms with van der Waals surface area (Å²) in [5.41, 5.74) is 0. The van der Waals surface area contributed by atoms with Gasteiger partial charge in [-0.2, -0.15) is 4.98 Å². The molecule has 0 spiro atoms. The van der Waals surface area contributed by atoms with E-state index in [1.165, 1.54) is 0 Å². The molecule has 6 nitrogen and oxygen atoms in total. The molecule has 0 bridgehead atoms. The molecule has 6 heteroatoms. The standard InChI is InChI=1S/C14H25N3O3/c1-4-18-13(19-5-2)10-17-8-6-7-12(9-17)14-15-11(3)16-20-14/h12-13H,4-10H2,1-3H3. The summed E-state index contributed by atoms with van der Waals surface area (Å²) in [6, 6.07) is 0. The van der Waals surface area contributed by atoms with Crippen LogP contribution < -0.4 is 0 Å². The molecule has 0 aromatic carbocycles. The van der Waals surface area contributed by atoms with Gasteiger partial charge in [-0.25, -0.2) is 0 Å². The van der Waals surface area contributed by atoms with E-state index in [0.29, 0.717) is 25.0 Å². The van der Waals surface area contributed by atoms with Gasteiger partial charge in [0, 0.05) is 26.3 Å². The van der Waals surface area contributed by atoms with Crippen molar-refractivity contribution in [1.82, 2.24) is 15.0 Å². The number of piperidine rings is 1. The predicted octanol–water partition coefficient (Wildman–Crippen LogP) is 1.96. The van der Waals surface area contributed by atoms with Crippen LogP contribution >= 0.6 is 0 Å². The highest BCUT2D eigenvalue weighted by Gasteiger charge is 2.27. The van der Waals surface area contributed by atoms with Gasteiger partial charge in [0.2, 0.25) is 5.89 Å². The Morgan fingerprint density at radius 1 is 1.35 bits per heavy atom. The van der Waals surface area contributed by atoms with E-state index >= 15 is 0 Å². The largest absolute Gasteiger partial charge is 0.352 e. The molecule has 2 rings (SSSR count). The van der Waals surface area contributed by atoms with Crippen LogP contribution in [0.25, 0.3) is 0 Å². The number of ether oxygens (including phenoxy) is 2. The highest BCUT2D eigenvalue weighted by molar-refractivity contribution is 4.96. The van der Waals surface area contributed by atoms with E-state index < -0.39 is 0 Å². The van der Waals surface area contributed by atoms with Crippen LogP contribution in [-0.2, 0) is 9.47 Å². The molecule has 1 fully saturated rings. The number of nitrogens with zero attached hydrogens (tertiary/aromatic N) is 3. The summed E-state index contributed by atoms with van der Waals surface area (Å²) >= 11 is 0. The molecule has 0 radical (unpaired) electrons. The molecule has 1 aliphatic heterocycles. The zero-order valence-electron chi connectivity index (χ0n) is 12.7. The van der Waals surface area contributed by atoms with Crippen LogP contribution in [0.4, 0.5) is 0 Å². The van der Waals surface area contributed by atoms with Crippen molar-refractivity contribution in [3.8, 4) is 0 Å². The first-order valence-electron chi connectivity index (χ1n) is 7.48. The predicted molar refractivity (Wildman–Crippen MR) is 74.5 cm³/mol. The Morgan fingerprint density at radius 2 is 2.10 bits per heavy atom. The maximum atomic E-state index is 5.61. The van der Waals surface area contributed by atoms with Crippen LogP contribution in [0.3, 0.4) is 0 Å². The van der Waals surface area contributed by atoms with Gasteiger partial charge in [-0.3, -0.25) is 4.90 Å². The summed E-state index contributed by atoms with van der Waals surface area (Å²) in [5.74, 6) is 1.80. The normalized spacial score (nSPS) is 20.7. The van der Waals surface area contributed by atoms with Crippen LogP contribution in [0.5, 0.6) is 0 Å². The Labute approximate surface area is 120 Å². The molecular formula is C14H25N3O3. The van der Waals surface area contributed by atoms with Crippen molar-refractivity contribution in [2.24, 2.45) is 0 Å². The molecule has 0 N–H and O–H groups in total. The second kappa shape index (κ2) is 7.71. The van der Waals surface area contributed by atoms with Gasteiger partial charge in [0.1, 0.15) is 0 Å². The number of aromatic nitrogens is 2. The average molecular weight is 283 g/mol. The van der Waals surface area contributed by atoms with Crippen LogP contribution in [-0.4, -0.2) is 54.2 Å². The minimum absolute atomic E-state index is 0.145. The van der Waals surface area contributed by atoms with Gasteiger partial charge >= 0.3 is 0 Å². The molecule has 1 saturated heterocycles. The fourth-order valence-electron chi connectivity index (χ4n) is 2.64. The van der Waals surface area contributed by atoms with E-state index in [0.717, 1.165) is 38.4 Å². The summed E-state index contributed by atoms with van der Waals surface area (Å²) in [7, 11) is 0. The summed E-state index contributed by atoms with van der Waals surface area (Å²) in [5, 5.41) is 3.88. The molecule has 0 saturated carbocycles. The number of likely N-dealkylation sites (tertiary alicyclic amines) is 1. The topological polar surface area (TPSA) is 60.6 Å². The van der Waals surface area contributed by atoms with Crippen molar-refractivity contribution in [3.63, 3.8) is 0 Å². The Hall–Kier alpha value is -0.980. The fraction of sp³-hybridized carbons (Fsp3) is 0.857. The van der Waals surface area contributed by atoms with Gasteiger partial charge in [-0.15, -0.1) is 0 Å². The Kier molecular flexibility index (Phi) is 5.94. The molecule has 2 heterocycles. The monoisotopic (exact) mass is 283 g/mol. The SMILES string of the molecule is CCOC(CN1CCCC(c2nc(C)no2)C1)OCC. The lowest BCUT2D eigenvalue weighted by molar-refractivity contribution is -0.148. The van der Waals surface area contributed by atoms with E-state index in [4.69, 9.17) is 14.0 Å². The Balaban J connectivity index is 1.89. The first-order valence-corrected chi connectivity index (χ1v) is 7.48. The van der Waals surface area contributed by atoms with Crippen LogP contribution in [0.2, 0.25) is 0 Å². The van der Waals surface area contributed by atoms with E-state index in [1.807, 2.05) is 20.8 Å². The third-order valence-corrected chi connectivity index (χ3v) is 3.51. The third kappa shape index (κ3) is 4.26. The summed E-state index contributed by atoms with van der Waals surface area (Å²) in [6.07, 6.45) is 2.09. The van der Waals surface area contributed by atoms with Crippen molar-refractivity contribution in [1.29, 1.82) is 0 Å². The lowest BCUT2D eigenvalue weighted by Crippen LogP contribution is -2.41. The summed E-state index contributed by atoms with van der Waals surface area (Å²) in [4.78, 5) is 6.72. The van der Waals surface area contributed by atoms with Crippen molar-refractivity contribution in [2.75, 3.05) is 32.8 Å². The zero-order chi connectivity index (χ0) is 14.4. The number of aryl methyl sites for hydroxylation is 1. The Morgan fingerprint density at radius 3 is 2.70 bits per heavy atom. The number of rotatable bonds is 7. The maximum Gasteiger partial charge on any atom is 0.231 e. The quantitative estimate of drug-likeness (QED) is 0.713. The average Bonchev–Trinajstić information content (AvgIpc) is 2.86. The van der Waals surface area contributed by atoms with Gasteiger partial charge in [-0.05, 0) is 40.2 Å². The van der Waals surface area contributed by atoms with Crippen LogP contribution in [0.15, 0.2) is 4.52 Å². The van der Waals surface area contributed by atoms with Crippen molar-refractivity contribution < 1.29 is 14.0 Å². The van der Waals surface area contributed by atoms with Gasteiger partial charge in [0.25, 0.3) is 0 Å². The molecule has 1 atom stereocenters. The van der Waals surface area contributed by atoms with E-state index in [1.54, 1.807) is 0 Å². The summed E-state index contributed by atoms with van der Waals surface area (Å²) in [6.45, 7) is 9.98. The van der Waals surface area contributed by atoms with Crippen LogP contribution in [0, 0.1) is 6.92 Å². The van der Waals surface area contributed by atoms with Crippen LogP contribution in [0.1, 0.15) is 44.3 Å². The highest BCUT2D eigenvalue weighted by atomic mass is 16.7. The second-order valence-corrected chi connectivity index (χ2v) is 5.12. The molecule has 1 aromatic heterocycles. The molecule has 20 heavy (non-hydrogen) atoms. The smallest absolute Gasteiger partial charge is 0.231 e. The highest BCUT2D eigenvalue weighted by Crippen LogP contribution is 2.25. The minimum atomic E-state index is -0.145. The van der Waals surface area contributed by atoms with Crippen molar-refractivity contribution >= 4 is 0 Å². The molecule has 0 amide bonds. The second-order valence-electron chi connectivity index (χ2n) is 5.12. The summed E-state index contributed by atoms with van der Waals surface area (Å²) < 4.78 is 16.5. The zero-order valence-corrected chi connectivity index (χ0v) is 12.7. The van der Waals surface area contributed by atoms with E-state index in [-0.39, 0.29) is 6.29 Å². The molecular weight excluding hydrogens is 258 g/mol. The molecule has 1 aliphatic rings. The van der Waals surface area contributed by atoms with Gasteiger partial charge in [0.15, 0.2) is 12.1 Å². The Bertz CT molecular complexity index is 391. The van der Waals surface area contributed by atoms with Crippen molar-refractivity contribution in [2.45, 2.75) is 45.8 Å². The van der Waals surface area contributed by atoms with Gasteiger partial charge in [0.05, 0.1) is 5.92 Å². The number of hydrogen-bond donors (Lipinski definition) is 0. The maximum absolute atomic E-state index is 5.61. The van der Waals surface area contributed by atoms with E-state index in [9.17, 15) is 0 Å². The first-order chi connectivity index (χ1) is 9.72. The molecule has 114 valence electrons. The molecule has 1 unspecified atom stereocenters. The van der Waals surface area contributed by atoms with E-state index in [2.05, 4.69) is 15.0 Å². The lowest BCUT2D eigenvalue weighted by Gasteiger charge is -2.33. The fourth-order valence-corrected chi connectivity index (χ4v) is 2.64. The first kappa shape index (κ1) is 15.4. The molecule has 0 aliphatic carbocycles. The van der Waals surface area contributed by atoms with Gasteiger partial charge in [-0.1, -0.05) is 5.16 Å². The minimum Gasteiger partial charge on any atom is -0.352 e.